The summed E-state index contributed by atoms with van der Waals surface area (Å²) >= 11 is 0. The molecule has 2 aliphatic rings. The topological polar surface area (TPSA) is 25.6 Å². The Kier molecular flexibility index (Phi) is 5.32. The predicted molar refractivity (Wildman–Crippen MR) is 176 cm³/mol. The minimum atomic E-state index is -0.120. The van der Waals surface area contributed by atoms with E-state index in [4.69, 9.17) is 9.15 Å². The molecule has 0 spiro atoms. The van der Waals surface area contributed by atoms with Crippen molar-refractivity contribution in [1.29, 1.82) is 0 Å². The molecule has 0 amide bonds. The first-order valence-electron chi connectivity index (χ1n) is 14.8. The van der Waals surface area contributed by atoms with Crippen molar-refractivity contribution in [2.24, 2.45) is 0 Å². The fourth-order valence-corrected chi connectivity index (χ4v) is 6.89. The van der Waals surface area contributed by atoms with Gasteiger partial charge in [-0.25, -0.2) is 0 Å². The number of nitrogens with zero attached hydrogens (tertiary/aromatic N) is 1. The third-order valence-corrected chi connectivity index (χ3v) is 8.79. The fourth-order valence-electron chi connectivity index (χ4n) is 6.89. The lowest BCUT2D eigenvalue weighted by Gasteiger charge is -2.30. The van der Waals surface area contributed by atoms with Gasteiger partial charge in [-0.05, 0) is 64.4 Å². The summed E-state index contributed by atoms with van der Waals surface area (Å²) in [6.07, 6.45) is 6.71. The molecule has 0 bridgehead atoms. The first-order chi connectivity index (χ1) is 21.3. The van der Waals surface area contributed by atoms with Crippen LogP contribution in [0.1, 0.15) is 11.5 Å². The van der Waals surface area contributed by atoms with Gasteiger partial charge in [0.1, 0.15) is 17.4 Å². The number of rotatable bonds is 4. The molecule has 6 aromatic carbocycles. The summed E-state index contributed by atoms with van der Waals surface area (Å²) in [5.41, 5.74) is 8.54. The molecule has 204 valence electrons. The Morgan fingerprint density at radius 3 is 2.14 bits per heavy atom. The van der Waals surface area contributed by atoms with Crippen LogP contribution in [-0.2, 0) is 0 Å². The lowest BCUT2D eigenvalue weighted by molar-refractivity contribution is 0.268. The summed E-state index contributed by atoms with van der Waals surface area (Å²) in [4.78, 5) is 2.29. The smallest absolute Gasteiger partial charge is 0.159 e. The average Bonchev–Trinajstić information content (AvgIpc) is 3.64. The molecule has 3 heteroatoms. The van der Waals surface area contributed by atoms with E-state index in [2.05, 4.69) is 144 Å². The van der Waals surface area contributed by atoms with E-state index in [0.717, 1.165) is 44.8 Å². The zero-order valence-corrected chi connectivity index (χ0v) is 23.4. The van der Waals surface area contributed by atoms with Gasteiger partial charge in [-0.15, -0.1) is 0 Å². The van der Waals surface area contributed by atoms with Crippen LogP contribution in [0.25, 0.3) is 43.8 Å². The van der Waals surface area contributed by atoms with Gasteiger partial charge >= 0.3 is 0 Å². The molecule has 1 aromatic heterocycles. The summed E-state index contributed by atoms with van der Waals surface area (Å²) in [7, 11) is 0. The minimum absolute atomic E-state index is 0.120. The molecule has 2 heterocycles. The van der Waals surface area contributed by atoms with Crippen molar-refractivity contribution in [2.45, 2.75) is 12.0 Å². The number of ether oxygens (including phenoxy) is 1. The number of para-hydroxylation sites is 3. The lowest BCUT2D eigenvalue weighted by Crippen LogP contribution is -2.24. The van der Waals surface area contributed by atoms with Crippen molar-refractivity contribution in [3.8, 4) is 16.9 Å². The van der Waals surface area contributed by atoms with E-state index in [-0.39, 0.29) is 12.0 Å². The van der Waals surface area contributed by atoms with Gasteiger partial charge in [0.25, 0.3) is 0 Å². The van der Waals surface area contributed by atoms with E-state index >= 15 is 0 Å². The monoisotopic (exact) mass is 553 g/mol. The minimum Gasteiger partial charge on any atom is -0.485 e. The number of fused-ring (bicyclic) bond motifs is 8. The first-order valence-corrected chi connectivity index (χ1v) is 14.8. The maximum atomic E-state index is 6.79. The molecule has 7 aromatic rings. The number of hydrogen-bond acceptors (Lipinski definition) is 3. The largest absolute Gasteiger partial charge is 0.485 e. The van der Waals surface area contributed by atoms with Crippen molar-refractivity contribution in [1.82, 2.24) is 0 Å². The fraction of sp³-hybridized carbons (Fsp3) is 0.0500. The molecule has 2 unspecified atom stereocenters. The van der Waals surface area contributed by atoms with Crippen LogP contribution in [0.3, 0.4) is 0 Å². The first kappa shape index (κ1) is 24.1. The van der Waals surface area contributed by atoms with Crippen LogP contribution < -0.4 is 9.64 Å². The average molecular weight is 554 g/mol. The van der Waals surface area contributed by atoms with E-state index in [1.807, 2.05) is 12.1 Å². The number of hydrogen-bond donors (Lipinski definition) is 0. The van der Waals surface area contributed by atoms with Gasteiger partial charge in [0, 0.05) is 33.6 Å². The Morgan fingerprint density at radius 2 is 1.30 bits per heavy atom. The van der Waals surface area contributed by atoms with Crippen LogP contribution in [-0.4, -0.2) is 6.10 Å². The summed E-state index contributed by atoms with van der Waals surface area (Å²) in [5, 5.41) is 4.73. The van der Waals surface area contributed by atoms with E-state index in [0.29, 0.717) is 0 Å². The number of furan rings is 1. The van der Waals surface area contributed by atoms with Crippen LogP contribution in [0.5, 0.6) is 5.75 Å². The van der Waals surface area contributed by atoms with Gasteiger partial charge in [0.15, 0.2) is 5.58 Å². The lowest BCUT2D eigenvalue weighted by atomic mass is 9.85. The number of allylic oxidation sites excluding steroid dienone is 1. The van der Waals surface area contributed by atoms with Gasteiger partial charge in [-0.1, -0.05) is 109 Å². The molecule has 0 saturated carbocycles. The van der Waals surface area contributed by atoms with Gasteiger partial charge in [-0.3, -0.25) is 0 Å². The van der Waals surface area contributed by atoms with Gasteiger partial charge in [-0.2, -0.15) is 0 Å². The van der Waals surface area contributed by atoms with Crippen LogP contribution in [0.2, 0.25) is 0 Å². The molecule has 0 fully saturated rings. The van der Waals surface area contributed by atoms with E-state index in [1.54, 1.807) is 0 Å². The Labute approximate surface area is 249 Å². The molecule has 0 N–H and O–H groups in total. The Morgan fingerprint density at radius 1 is 0.605 bits per heavy atom. The van der Waals surface area contributed by atoms with Crippen LogP contribution in [0, 0.1) is 0 Å². The standard InChI is InChI=1S/C40H27NO2/c1-3-12-26(13-4-1)34-25-38-39(31-18-8-7-16-29(31)34)33-23-22-28(24-37(33)42-38)41(27-14-5-2-6-15-27)35-20-11-19-32-30-17-9-10-21-36(30)43-40(32)35/h1-25,33,37H. The molecule has 43 heavy (non-hydrogen) atoms. The molecule has 1 aliphatic heterocycles. The number of benzene rings is 6. The zero-order chi connectivity index (χ0) is 28.3. The van der Waals surface area contributed by atoms with Crippen molar-refractivity contribution in [2.75, 3.05) is 4.90 Å². The van der Waals surface area contributed by atoms with E-state index in [1.165, 1.54) is 27.5 Å². The Hall–Kier alpha value is -5.54. The van der Waals surface area contributed by atoms with E-state index in [9.17, 15) is 0 Å². The molecule has 0 radical (unpaired) electrons. The molecule has 0 saturated heterocycles. The maximum Gasteiger partial charge on any atom is 0.159 e. The predicted octanol–water partition coefficient (Wildman–Crippen LogP) is 10.5. The molecule has 1 aliphatic carbocycles. The molecule has 3 nitrogen and oxygen atoms in total. The Balaban J connectivity index is 1.19. The summed E-state index contributed by atoms with van der Waals surface area (Å²) in [6.45, 7) is 0. The third-order valence-electron chi connectivity index (χ3n) is 8.79. The Bertz CT molecular complexity index is 2230. The maximum absolute atomic E-state index is 6.79. The van der Waals surface area contributed by atoms with Crippen LogP contribution in [0.4, 0.5) is 11.4 Å². The second-order valence-electron chi connectivity index (χ2n) is 11.2. The van der Waals surface area contributed by atoms with E-state index < -0.39 is 0 Å². The van der Waals surface area contributed by atoms with Crippen molar-refractivity contribution < 1.29 is 9.15 Å². The van der Waals surface area contributed by atoms with Crippen LogP contribution in [0.15, 0.2) is 162 Å². The molecular weight excluding hydrogens is 526 g/mol. The third kappa shape index (κ3) is 3.75. The van der Waals surface area contributed by atoms with Crippen LogP contribution >= 0.6 is 0 Å². The van der Waals surface area contributed by atoms with Gasteiger partial charge in [0.05, 0.1) is 5.69 Å². The van der Waals surface area contributed by atoms with Gasteiger partial charge in [0.2, 0.25) is 0 Å². The zero-order valence-electron chi connectivity index (χ0n) is 23.4. The molecule has 2 atom stereocenters. The SMILES string of the molecule is C1=CC2c3c(cc(-c4ccccc4)c4ccccc34)OC2C=C1N(c1ccccc1)c1cccc2c1oc1ccccc12. The van der Waals surface area contributed by atoms with Crippen molar-refractivity contribution in [3.05, 3.63) is 163 Å². The van der Waals surface area contributed by atoms with Gasteiger partial charge < -0.3 is 14.1 Å². The highest BCUT2D eigenvalue weighted by Crippen LogP contribution is 2.50. The highest BCUT2D eigenvalue weighted by molar-refractivity contribution is 6.10. The summed E-state index contributed by atoms with van der Waals surface area (Å²) in [5.74, 6) is 1.09. The van der Waals surface area contributed by atoms with Crippen molar-refractivity contribution in [3.63, 3.8) is 0 Å². The van der Waals surface area contributed by atoms with Crippen molar-refractivity contribution >= 4 is 44.1 Å². The molecule has 9 rings (SSSR count). The summed E-state index contributed by atoms with van der Waals surface area (Å²) in [6, 6.07) is 46.7. The highest BCUT2D eigenvalue weighted by Gasteiger charge is 2.37. The normalized spacial score (nSPS) is 17.1. The quantitative estimate of drug-likeness (QED) is 0.217. The summed E-state index contributed by atoms with van der Waals surface area (Å²) < 4.78 is 13.3. The second-order valence-corrected chi connectivity index (χ2v) is 11.2. The number of anilines is 2. The second kappa shape index (κ2) is 9.50. The molecular formula is C40H27NO2. The highest BCUT2D eigenvalue weighted by atomic mass is 16.5.